The highest BCUT2D eigenvalue weighted by Gasteiger charge is 2.06. The van der Waals surface area contributed by atoms with Crippen molar-refractivity contribution < 1.29 is 9.21 Å². The van der Waals surface area contributed by atoms with Crippen LogP contribution in [0.1, 0.15) is 22.5 Å². The van der Waals surface area contributed by atoms with Gasteiger partial charge in [0.15, 0.2) is 12.1 Å². The van der Waals surface area contributed by atoms with Crippen LogP contribution in [0.4, 0.5) is 0 Å². The maximum absolute atomic E-state index is 11.5. The van der Waals surface area contributed by atoms with Crippen molar-refractivity contribution in [2.45, 2.75) is 12.8 Å². The quantitative estimate of drug-likeness (QED) is 0.800. The molecule has 4 nitrogen and oxygen atoms in total. The van der Waals surface area contributed by atoms with Crippen molar-refractivity contribution in [2.24, 2.45) is 0 Å². The van der Waals surface area contributed by atoms with Gasteiger partial charge >= 0.3 is 0 Å². The van der Waals surface area contributed by atoms with E-state index >= 15 is 0 Å². The lowest BCUT2D eigenvalue weighted by Crippen LogP contribution is -2.24. The highest BCUT2D eigenvalue weighted by atomic mass is 16.3. The highest BCUT2D eigenvalue weighted by molar-refractivity contribution is 5.91. The molecule has 0 bridgehead atoms. The van der Waals surface area contributed by atoms with Gasteiger partial charge in [0.05, 0.1) is 0 Å². The molecule has 2 aromatic rings. The normalized spacial score (nSPS) is 10.1. The summed E-state index contributed by atoms with van der Waals surface area (Å²) < 4.78 is 4.74. The standard InChI is InChI=1S/C13H14N2O2/c16-13(12-9-17-10-15-12)14-8-4-7-11-5-2-1-3-6-11/h1-3,5-6,9-10H,4,7-8H2,(H,14,16). The van der Waals surface area contributed by atoms with Crippen LogP contribution in [0.25, 0.3) is 0 Å². The van der Waals surface area contributed by atoms with E-state index in [0.717, 1.165) is 12.8 Å². The molecule has 0 aliphatic carbocycles. The minimum atomic E-state index is -0.188. The Morgan fingerprint density at radius 2 is 2.12 bits per heavy atom. The average molecular weight is 230 g/mol. The minimum absolute atomic E-state index is 0.188. The first-order valence-electron chi connectivity index (χ1n) is 5.56. The summed E-state index contributed by atoms with van der Waals surface area (Å²) in [4.78, 5) is 15.3. The van der Waals surface area contributed by atoms with Crippen molar-refractivity contribution in [3.05, 3.63) is 54.2 Å². The van der Waals surface area contributed by atoms with Crippen molar-refractivity contribution in [1.29, 1.82) is 0 Å². The summed E-state index contributed by atoms with van der Waals surface area (Å²) in [5, 5.41) is 2.79. The number of aryl methyl sites for hydroxylation is 1. The Balaban J connectivity index is 1.69. The van der Waals surface area contributed by atoms with Crippen LogP contribution in [0.15, 0.2) is 47.4 Å². The maximum Gasteiger partial charge on any atom is 0.273 e. The molecule has 1 heterocycles. The molecule has 2 rings (SSSR count). The van der Waals surface area contributed by atoms with E-state index in [1.54, 1.807) is 0 Å². The zero-order valence-electron chi connectivity index (χ0n) is 9.43. The topological polar surface area (TPSA) is 55.1 Å². The van der Waals surface area contributed by atoms with E-state index in [2.05, 4.69) is 22.4 Å². The molecule has 0 saturated carbocycles. The lowest BCUT2D eigenvalue weighted by molar-refractivity contribution is 0.0948. The minimum Gasteiger partial charge on any atom is -0.451 e. The van der Waals surface area contributed by atoms with Crippen molar-refractivity contribution >= 4 is 5.91 Å². The monoisotopic (exact) mass is 230 g/mol. The zero-order chi connectivity index (χ0) is 11.9. The summed E-state index contributed by atoms with van der Waals surface area (Å²) in [6, 6.07) is 10.2. The van der Waals surface area contributed by atoms with Crippen LogP contribution in [0.2, 0.25) is 0 Å². The SMILES string of the molecule is O=C(NCCCc1ccccc1)c1cocn1. The van der Waals surface area contributed by atoms with Gasteiger partial charge in [0.2, 0.25) is 0 Å². The van der Waals surface area contributed by atoms with Gasteiger partial charge in [-0.1, -0.05) is 30.3 Å². The van der Waals surface area contributed by atoms with E-state index in [1.165, 1.54) is 18.2 Å². The van der Waals surface area contributed by atoms with Crippen LogP contribution in [0.3, 0.4) is 0 Å². The lowest BCUT2D eigenvalue weighted by Gasteiger charge is -2.03. The van der Waals surface area contributed by atoms with Gasteiger partial charge in [-0.05, 0) is 18.4 Å². The first-order valence-corrected chi connectivity index (χ1v) is 5.56. The second kappa shape index (κ2) is 5.84. The molecule has 0 fully saturated rings. The molecular formula is C13H14N2O2. The summed E-state index contributed by atoms with van der Waals surface area (Å²) in [7, 11) is 0. The number of aromatic nitrogens is 1. The number of rotatable bonds is 5. The van der Waals surface area contributed by atoms with Gasteiger partial charge in [-0.3, -0.25) is 4.79 Å². The number of nitrogens with zero attached hydrogens (tertiary/aromatic N) is 1. The van der Waals surface area contributed by atoms with Crippen LogP contribution in [-0.4, -0.2) is 17.4 Å². The van der Waals surface area contributed by atoms with Crippen LogP contribution < -0.4 is 5.32 Å². The number of nitrogens with one attached hydrogen (secondary N) is 1. The van der Waals surface area contributed by atoms with E-state index in [4.69, 9.17) is 4.42 Å². The van der Waals surface area contributed by atoms with Crippen LogP contribution in [0, 0.1) is 0 Å². The molecule has 0 unspecified atom stereocenters. The first kappa shape index (κ1) is 11.4. The number of benzene rings is 1. The van der Waals surface area contributed by atoms with Crippen molar-refractivity contribution in [3.63, 3.8) is 0 Å². The number of carbonyl (C=O) groups is 1. The predicted molar refractivity (Wildman–Crippen MR) is 63.6 cm³/mol. The average Bonchev–Trinajstić information content (AvgIpc) is 2.89. The second-order valence-electron chi connectivity index (χ2n) is 3.72. The van der Waals surface area contributed by atoms with E-state index < -0.39 is 0 Å². The molecule has 1 amide bonds. The smallest absolute Gasteiger partial charge is 0.273 e. The molecule has 0 aliphatic heterocycles. The number of hydrogen-bond donors (Lipinski definition) is 1. The molecule has 4 heteroatoms. The number of oxazole rings is 1. The summed E-state index contributed by atoms with van der Waals surface area (Å²) in [6.07, 6.45) is 4.46. The molecule has 0 aliphatic rings. The molecular weight excluding hydrogens is 216 g/mol. The molecule has 17 heavy (non-hydrogen) atoms. The number of amides is 1. The Labute approximate surface area is 99.7 Å². The number of hydrogen-bond acceptors (Lipinski definition) is 3. The lowest BCUT2D eigenvalue weighted by atomic mass is 10.1. The van der Waals surface area contributed by atoms with Gasteiger partial charge in [-0.15, -0.1) is 0 Å². The maximum atomic E-state index is 11.5. The van der Waals surface area contributed by atoms with E-state index in [0.29, 0.717) is 12.2 Å². The Hall–Kier alpha value is -2.10. The molecule has 0 atom stereocenters. The first-order chi connectivity index (χ1) is 8.36. The molecule has 0 radical (unpaired) electrons. The summed E-state index contributed by atoms with van der Waals surface area (Å²) in [5.74, 6) is -0.188. The fourth-order valence-electron chi connectivity index (χ4n) is 1.55. The third-order valence-corrected chi connectivity index (χ3v) is 2.44. The second-order valence-corrected chi connectivity index (χ2v) is 3.72. The summed E-state index contributed by atoms with van der Waals surface area (Å²) in [5.41, 5.74) is 1.60. The van der Waals surface area contributed by atoms with Gasteiger partial charge in [0.1, 0.15) is 6.26 Å². The van der Waals surface area contributed by atoms with Gasteiger partial charge in [-0.25, -0.2) is 4.98 Å². The van der Waals surface area contributed by atoms with Gasteiger partial charge in [0.25, 0.3) is 5.91 Å². The fourth-order valence-corrected chi connectivity index (χ4v) is 1.55. The summed E-state index contributed by atoms with van der Waals surface area (Å²) >= 11 is 0. The molecule has 0 spiro atoms. The molecule has 1 N–H and O–H groups in total. The zero-order valence-corrected chi connectivity index (χ0v) is 9.43. The molecule has 88 valence electrons. The Bertz CT molecular complexity index is 452. The van der Waals surface area contributed by atoms with Crippen molar-refractivity contribution in [3.8, 4) is 0 Å². The van der Waals surface area contributed by atoms with E-state index in [9.17, 15) is 4.79 Å². The van der Waals surface area contributed by atoms with E-state index in [-0.39, 0.29) is 5.91 Å². The largest absolute Gasteiger partial charge is 0.451 e. The predicted octanol–water partition coefficient (Wildman–Crippen LogP) is 2.04. The van der Waals surface area contributed by atoms with Crippen molar-refractivity contribution in [1.82, 2.24) is 10.3 Å². The molecule has 0 saturated heterocycles. The Morgan fingerprint density at radius 3 is 2.82 bits per heavy atom. The van der Waals surface area contributed by atoms with E-state index in [1.807, 2.05) is 18.2 Å². The highest BCUT2D eigenvalue weighted by Crippen LogP contribution is 2.01. The Kier molecular flexibility index (Phi) is 3.91. The molecule has 1 aromatic heterocycles. The van der Waals surface area contributed by atoms with Gasteiger partial charge in [0, 0.05) is 6.54 Å². The van der Waals surface area contributed by atoms with Gasteiger partial charge < -0.3 is 9.73 Å². The molecule has 1 aromatic carbocycles. The third kappa shape index (κ3) is 3.45. The fraction of sp³-hybridized carbons (Fsp3) is 0.231. The Morgan fingerprint density at radius 1 is 1.29 bits per heavy atom. The van der Waals surface area contributed by atoms with Crippen LogP contribution >= 0.6 is 0 Å². The van der Waals surface area contributed by atoms with Crippen LogP contribution in [-0.2, 0) is 6.42 Å². The van der Waals surface area contributed by atoms with Crippen molar-refractivity contribution in [2.75, 3.05) is 6.54 Å². The number of carbonyl (C=O) groups excluding carboxylic acids is 1. The van der Waals surface area contributed by atoms with Crippen LogP contribution in [0.5, 0.6) is 0 Å². The van der Waals surface area contributed by atoms with Gasteiger partial charge in [-0.2, -0.15) is 0 Å². The summed E-state index contributed by atoms with van der Waals surface area (Å²) in [6.45, 7) is 0.639. The third-order valence-electron chi connectivity index (χ3n) is 2.44.